The first-order chi connectivity index (χ1) is 12.5. The average molecular weight is 354 g/mol. The smallest absolute Gasteiger partial charge is 0.339 e. The van der Waals surface area contributed by atoms with Gasteiger partial charge in [0.1, 0.15) is 5.82 Å². The van der Waals surface area contributed by atoms with Crippen molar-refractivity contribution >= 4 is 17.6 Å². The van der Waals surface area contributed by atoms with Gasteiger partial charge >= 0.3 is 5.97 Å². The molecule has 1 aromatic heterocycles. The van der Waals surface area contributed by atoms with Crippen LogP contribution < -0.4 is 5.32 Å². The molecule has 0 aliphatic carbocycles. The van der Waals surface area contributed by atoms with Gasteiger partial charge in [0.2, 0.25) is 0 Å². The summed E-state index contributed by atoms with van der Waals surface area (Å²) in [5.74, 6) is -1.92. The van der Waals surface area contributed by atoms with Crippen molar-refractivity contribution in [3.05, 3.63) is 71.3 Å². The minimum atomic E-state index is -0.691. The standard InChI is InChI=1S/C18H15FN4O3/c1-11-3-6-13(7-4-11)23-10-16(21-22-23)17(24)20-15-9-12(19)5-8-14(15)18(25)26-2/h3-10H,1-2H3,(H,20,24). The van der Waals surface area contributed by atoms with E-state index < -0.39 is 17.7 Å². The van der Waals surface area contributed by atoms with Crippen molar-refractivity contribution in [1.29, 1.82) is 0 Å². The van der Waals surface area contributed by atoms with Gasteiger partial charge < -0.3 is 10.1 Å². The Hall–Kier alpha value is -3.55. The lowest BCUT2D eigenvalue weighted by atomic mass is 10.1. The molecule has 26 heavy (non-hydrogen) atoms. The predicted octanol–water partition coefficient (Wildman–Crippen LogP) is 2.75. The summed E-state index contributed by atoms with van der Waals surface area (Å²) in [5, 5.41) is 10.2. The van der Waals surface area contributed by atoms with Crippen LogP contribution in [-0.2, 0) is 4.74 Å². The molecule has 2 aromatic carbocycles. The number of anilines is 1. The van der Waals surface area contributed by atoms with Gasteiger partial charge in [0, 0.05) is 0 Å². The maximum Gasteiger partial charge on any atom is 0.339 e. The van der Waals surface area contributed by atoms with E-state index in [1.54, 1.807) is 0 Å². The highest BCUT2D eigenvalue weighted by molar-refractivity contribution is 6.06. The third-order valence-corrected chi connectivity index (χ3v) is 3.66. The fourth-order valence-corrected chi connectivity index (χ4v) is 2.29. The molecule has 1 amide bonds. The molecule has 1 heterocycles. The van der Waals surface area contributed by atoms with Gasteiger partial charge in [-0.05, 0) is 37.3 Å². The van der Waals surface area contributed by atoms with E-state index >= 15 is 0 Å². The molecule has 0 radical (unpaired) electrons. The fourth-order valence-electron chi connectivity index (χ4n) is 2.29. The lowest BCUT2D eigenvalue weighted by Crippen LogP contribution is -2.16. The maximum atomic E-state index is 13.5. The van der Waals surface area contributed by atoms with Gasteiger partial charge in [-0.2, -0.15) is 0 Å². The molecule has 0 fully saturated rings. The van der Waals surface area contributed by atoms with Gasteiger partial charge in [-0.25, -0.2) is 13.9 Å². The molecular weight excluding hydrogens is 339 g/mol. The summed E-state index contributed by atoms with van der Waals surface area (Å²) in [5.41, 5.74) is 1.88. The SMILES string of the molecule is COC(=O)c1ccc(F)cc1NC(=O)c1cn(-c2ccc(C)cc2)nn1. The zero-order valence-electron chi connectivity index (χ0n) is 14.1. The normalized spacial score (nSPS) is 10.4. The molecule has 0 aliphatic heterocycles. The molecule has 0 bridgehead atoms. The summed E-state index contributed by atoms with van der Waals surface area (Å²) >= 11 is 0. The number of carbonyl (C=O) groups excluding carboxylic acids is 2. The first-order valence-corrected chi connectivity index (χ1v) is 7.66. The maximum absolute atomic E-state index is 13.5. The molecule has 0 unspecified atom stereocenters. The third kappa shape index (κ3) is 3.59. The minimum Gasteiger partial charge on any atom is -0.465 e. The number of amides is 1. The summed E-state index contributed by atoms with van der Waals surface area (Å²) in [6.45, 7) is 1.96. The second-order valence-corrected chi connectivity index (χ2v) is 5.52. The van der Waals surface area contributed by atoms with Gasteiger partial charge in [-0.1, -0.05) is 22.9 Å². The van der Waals surface area contributed by atoms with E-state index in [0.717, 1.165) is 23.4 Å². The zero-order valence-corrected chi connectivity index (χ0v) is 14.1. The number of nitrogens with one attached hydrogen (secondary N) is 1. The van der Waals surface area contributed by atoms with Crippen molar-refractivity contribution in [2.24, 2.45) is 0 Å². The molecular formula is C18H15FN4O3. The number of methoxy groups -OCH3 is 1. The number of benzene rings is 2. The van der Waals surface area contributed by atoms with Crippen LogP contribution in [0.2, 0.25) is 0 Å². The van der Waals surface area contributed by atoms with Gasteiger partial charge in [0.15, 0.2) is 5.69 Å². The van der Waals surface area contributed by atoms with Crippen LogP contribution in [0.25, 0.3) is 5.69 Å². The average Bonchev–Trinajstić information content (AvgIpc) is 3.12. The second kappa shape index (κ2) is 7.14. The molecule has 0 aliphatic rings. The van der Waals surface area contributed by atoms with Crippen LogP contribution in [0.3, 0.4) is 0 Å². The Morgan fingerprint density at radius 2 is 1.88 bits per heavy atom. The first kappa shape index (κ1) is 17.3. The Bertz CT molecular complexity index is 967. The molecule has 0 atom stereocenters. The predicted molar refractivity (Wildman–Crippen MR) is 91.8 cm³/mol. The quantitative estimate of drug-likeness (QED) is 0.728. The molecule has 132 valence electrons. The number of aromatic nitrogens is 3. The van der Waals surface area contributed by atoms with Crippen molar-refractivity contribution < 1.29 is 18.7 Å². The van der Waals surface area contributed by atoms with Crippen LogP contribution in [0.4, 0.5) is 10.1 Å². The third-order valence-electron chi connectivity index (χ3n) is 3.66. The topological polar surface area (TPSA) is 86.1 Å². The summed E-state index contributed by atoms with van der Waals surface area (Å²) in [4.78, 5) is 24.1. The Morgan fingerprint density at radius 1 is 1.15 bits per heavy atom. The Kier molecular flexibility index (Phi) is 4.74. The van der Waals surface area contributed by atoms with Crippen molar-refractivity contribution in [2.45, 2.75) is 6.92 Å². The monoisotopic (exact) mass is 354 g/mol. The van der Waals surface area contributed by atoms with E-state index in [1.807, 2.05) is 31.2 Å². The van der Waals surface area contributed by atoms with Gasteiger partial charge in [0.25, 0.3) is 5.91 Å². The minimum absolute atomic E-state index is 0.00765. The highest BCUT2D eigenvalue weighted by Gasteiger charge is 2.18. The first-order valence-electron chi connectivity index (χ1n) is 7.66. The Balaban J connectivity index is 1.84. The van der Waals surface area contributed by atoms with Crippen LogP contribution >= 0.6 is 0 Å². The number of hydrogen-bond acceptors (Lipinski definition) is 5. The lowest BCUT2D eigenvalue weighted by molar-refractivity contribution is 0.0602. The number of esters is 1. The molecule has 3 aromatic rings. The van der Waals surface area contributed by atoms with Gasteiger partial charge in [-0.3, -0.25) is 4.79 Å². The number of nitrogens with zero attached hydrogens (tertiary/aromatic N) is 3. The number of ether oxygens (including phenoxy) is 1. The van der Waals surface area contributed by atoms with Crippen LogP contribution in [-0.4, -0.2) is 34.0 Å². The second-order valence-electron chi connectivity index (χ2n) is 5.52. The highest BCUT2D eigenvalue weighted by Crippen LogP contribution is 2.19. The van der Waals surface area contributed by atoms with Crippen LogP contribution in [0.5, 0.6) is 0 Å². The Labute approximate surface area is 148 Å². The fraction of sp³-hybridized carbons (Fsp3) is 0.111. The highest BCUT2D eigenvalue weighted by atomic mass is 19.1. The van der Waals surface area contributed by atoms with E-state index in [4.69, 9.17) is 0 Å². The molecule has 0 saturated carbocycles. The number of carbonyl (C=O) groups is 2. The number of aryl methyl sites for hydroxylation is 1. The lowest BCUT2D eigenvalue weighted by Gasteiger charge is -2.08. The van der Waals surface area contributed by atoms with E-state index in [0.29, 0.717) is 0 Å². The number of halogens is 1. The summed E-state index contributed by atoms with van der Waals surface area (Å²) in [7, 11) is 1.20. The molecule has 3 rings (SSSR count). The Morgan fingerprint density at radius 3 is 2.58 bits per heavy atom. The van der Waals surface area contributed by atoms with E-state index in [1.165, 1.54) is 24.1 Å². The van der Waals surface area contributed by atoms with E-state index in [-0.39, 0.29) is 16.9 Å². The summed E-state index contributed by atoms with van der Waals surface area (Å²) in [6, 6.07) is 10.9. The summed E-state index contributed by atoms with van der Waals surface area (Å²) in [6.07, 6.45) is 1.44. The number of hydrogen-bond donors (Lipinski definition) is 1. The van der Waals surface area contributed by atoms with Crippen molar-refractivity contribution in [2.75, 3.05) is 12.4 Å². The van der Waals surface area contributed by atoms with E-state index in [9.17, 15) is 14.0 Å². The van der Waals surface area contributed by atoms with Crippen molar-refractivity contribution in [3.8, 4) is 5.69 Å². The van der Waals surface area contributed by atoms with Gasteiger partial charge in [-0.15, -0.1) is 5.10 Å². The summed E-state index contributed by atoms with van der Waals surface area (Å²) < 4.78 is 19.6. The van der Waals surface area contributed by atoms with Crippen LogP contribution in [0, 0.1) is 12.7 Å². The molecule has 1 N–H and O–H groups in total. The molecule has 7 nitrogen and oxygen atoms in total. The van der Waals surface area contributed by atoms with Crippen molar-refractivity contribution in [3.63, 3.8) is 0 Å². The molecule has 0 spiro atoms. The van der Waals surface area contributed by atoms with E-state index in [2.05, 4.69) is 20.4 Å². The molecule has 8 heteroatoms. The number of rotatable bonds is 4. The van der Waals surface area contributed by atoms with Crippen LogP contribution in [0.1, 0.15) is 26.4 Å². The van der Waals surface area contributed by atoms with Gasteiger partial charge in [0.05, 0.1) is 30.2 Å². The molecule has 0 saturated heterocycles. The van der Waals surface area contributed by atoms with Crippen LogP contribution in [0.15, 0.2) is 48.7 Å². The zero-order chi connectivity index (χ0) is 18.7. The largest absolute Gasteiger partial charge is 0.465 e. The van der Waals surface area contributed by atoms with Crippen molar-refractivity contribution in [1.82, 2.24) is 15.0 Å².